The Morgan fingerprint density at radius 2 is 2.10 bits per heavy atom. The number of rotatable bonds is 6. The van der Waals surface area contributed by atoms with Crippen molar-refractivity contribution in [3.05, 3.63) is 54.1 Å². The van der Waals surface area contributed by atoms with Crippen molar-refractivity contribution >= 4 is 21.7 Å². The van der Waals surface area contributed by atoms with Gasteiger partial charge in [-0.2, -0.15) is 17.5 Å². The van der Waals surface area contributed by atoms with Crippen molar-refractivity contribution in [2.75, 3.05) is 17.2 Å². The first kappa shape index (κ1) is 22.1. The fourth-order valence-electron chi connectivity index (χ4n) is 3.49. The van der Waals surface area contributed by atoms with Crippen molar-refractivity contribution in [3.63, 3.8) is 0 Å². The summed E-state index contributed by atoms with van der Waals surface area (Å²) in [7, 11) is -5.66. The van der Waals surface area contributed by atoms with Crippen LogP contribution in [0.5, 0.6) is 0 Å². The van der Waals surface area contributed by atoms with E-state index in [-0.39, 0.29) is 18.1 Å². The number of hydrogen-bond donors (Lipinski definition) is 2. The maximum atomic E-state index is 14.6. The Hall–Kier alpha value is -2.60. The highest BCUT2D eigenvalue weighted by molar-refractivity contribution is 7.89. The van der Waals surface area contributed by atoms with Crippen LogP contribution in [0.25, 0.3) is 0 Å². The minimum absolute atomic E-state index is 0.126. The average Bonchev–Trinajstić information content (AvgIpc) is 2.99. The standard InChI is InChI=1S/C18H21F4N5O2S/c1-2-3-5-13-10-26(30(28,29)18(20,21)22)11-14-15(19)6-4-7-16(14)27(13)9-12-8-24-17(23)25-12/h2,4,6-8,13H,1,3,5,9-11H2,(H3,23,24,25). The molecule has 0 fully saturated rings. The van der Waals surface area contributed by atoms with Gasteiger partial charge in [0.05, 0.1) is 18.4 Å². The summed E-state index contributed by atoms with van der Waals surface area (Å²) in [5.74, 6) is -0.628. The van der Waals surface area contributed by atoms with Crippen LogP contribution in [-0.4, -0.2) is 40.8 Å². The van der Waals surface area contributed by atoms with Gasteiger partial charge in [0.2, 0.25) is 0 Å². The number of nitrogen functional groups attached to an aromatic ring is 1. The van der Waals surface area contributed by atoms with Crippen molar-refractivity contribution in [1.82, 2.24) is 14.3 Å². The minimum Gasteiger partial charge on any atom is -0.369 e. The van der Waals surface area contributed by atoms with Gasteiger partial charge in [-0.15, -0.1) is 6.58 Å². The number of halogens is 4. The number of aromatic amines is 1. The van der Waals surface area contributed by atoms with Gasteiger partial charge in [0, 0.05) is 30.4 Å². The van der Waals surface area contributed by atoms with Gasteiger partial charge in [-0.1, -0.05) is 12.1 Å². The van der Waals surface area contributed by atoms with E-state index < -0.39 is 40.5 Å². The first-order valence-corrected chi connectivity index (χ1v) is 10.5. The molecule has 0 saturated heterocycles. The summed E-state index contributed by atoms with van der Waals surface area (Å²) in [6.07, 6.45) is 3.80. The Labute approximate surface area is 171 Å². The van der Waals surface area contributed by atoms with Crippen molar-refractivity contribution in [3.8, 4) is 0 Å². The molecule has 1 aliphatic heterocycles. The van der Waals surface area contributed by atoms with Gasteiger partial charge in [-0.25, -0.2) is 17.8 Å². The molecule has 0 aliphatic carbocycles. The second-order valence-electron chi connectivity index (χ2n) is 6.92. The normalized spacial score (nSPS) is 18.1. The van der Waals surface area contributed by atoms with Crippen LogP contribution in [0.1, 0.15) is 24.1 Å². The Balaban J connectivity index is 2.11. The van der Waals surface area contributed by atoms with E-state index in [4.69, 9.17) is 5.73 Å². The number of nitrogens with two attached hydrogens (primary N) is 1. The van der Waals surface area contributed by atoms with Gasteiger partial charge in [-0.3, -0.25) is 0 Å². The number of alkyl halides is 3. The second-order valence-corrected chi connectivity index (χ2v) is 8.85. The molecular formula is C18H21F4N5O2S. The highest BCUT2D eigenvalue weighted by Gasteiger charge is 2.51. The summed E-state index contributed by atoms with van der Waals surface area (Å²) in [6.45, 7) is 2.56. The van der Waals surface area contributed by atoms with Gasteiger partial charge in [0.1, 0.15) is 5.82 Å². The molecule has 12 heteroatoms. The number of nitrogens with zero attached hydrogens (tertiary/aromatic N) is 3. The SMILES string of the molecule is C=CCCC1CN(S(=O)(=O)C(F)(F)F)Cc2c(F)cccc2N1Cc1cnc(N)[nH]1. The van der Waals surface area contributed by atoms with E-state index in [1.54, 1.807) is 17.0 Å². The maximum Gasteiger partial charge on any atom is 0.511 e. The number of fused-ring (bicyclic) bond motifs is 1. The molecule has 0 spiro atoms. The summed E-state index contributed by atoms with van der Waals surface area (Å²) in [5, 5.41) is 0. The maximum absolute atomic E-state index is 14.6. The molecule has 1 unspecified atom stereocenters. The number of anilines is 2. The van der Waals surface area contributed by atoms with Crippen molar-refractivity contribution in [1.29, 1.82) is 0 Å². The Morgan fingerprint density at radius 1 is 1.37 bits per heavy atom. The lowest BCUT2D eigenvalue weighted by molar-refractivity contribution is -0.0492. The minimum atomic E-state index is -5.66. The van der Waals surface area contributed by atoms with Crippen LogP contribution in [0.15, 0.2) is 37.1 Å². The molecule has 0 bridgehead atoms. The molecule has 3 N–H and O–H groups in total. The number of sulfonamides is 1. The number of allylic oxidation sites excluding steroid dienone is 1. The zero-order chi connectivity index (χ0) is 22.1. The lowest BCUT2D eigenvalue weighted by atomic mass is 10.1. The second kappa shape index (κ2) is 8.26. The Kier molecular flexibility index (Phi) is 6.09. The van der Waals surface area contributed by atoms with Gasteiger partial charge in [0.15, 0.2) is 5.95 Å². The predicted molar refractivity (Wildman–Crippen MR) is 104 cm³/mol. The highest BCUT2D eigenvalue weighted by atomic mass is 32.2. The summed E-state index contributed by atoms with van der Waals surface area (Å²) in [4.78, 5) is 8.42. The van der Waals surface area contributed by atoms with E-state index in [2.05, 4.69) is 16.5 Å². The summed E-state index contributed by atoms with van der Waals surface area (Å²) in [5.41, 5.74) is 0.857. The molecule has 1 aliphatic rings. The molecule has 2 aromatic rings. The Bertz CT molecular complexity index is 1020. The smallest absolute Gasteiger partial charge is 0.369 e. The number of imidazole rings is 1. The molecule has 1 atom stereocenters. The average molecular weight is 447 g/mol. The monoisotopic (exact) mass is 447 g/mol. The van der Waals surface area contributed by atoms with E-state index in [9.17, 15) is 26.0 Å². The molecule has 3 rings (SSSR count). The number of aromatic nitrogens is 2. The third-order valence-electron chi connectivity index (χ3n) is 4.92. The van der Waals surface area contributed by atoms with E-state index in [0.29, 0.717) is 28.5 Å². The van der Waals surface area contributed by atoms with Crippen LogP contribution in [0.4, 0.5) is 29.2 Å². The van der Waals surface area contributed by atoms with Crippen LogP contribution >= 0.6 is 0 Å². The van der Waals surface area contributed by atoms with Crippen LogP contribution in [0, 0.1) is 5.82 Å². The molecule has 0 saturated carbocycles. The van der Waals surface area contributed by atoms with Crippen molar-refractivity contribution < 1.29 is 26.0 Å². The zero-order valence-corrected chi connectivity index (χ0v) is 16.7. The molecule has 30 heavy (non-hydrogen) atoms. The van der Waals surface area contributed by atoms with Crippen LogP contribution in [0.3, 0.4) is 0 Å². The molecular weight excluding hydrogens is 426 g/mol. The van der Waals surface area contributed by atoms with Gasteiger partial charge in [-0.05, 0) is 25.0 Å². The summed E-state index contributed by atoms with van der Waals surface area (Å²) >= 11 is 0. The van der Waals surface area contributed by atoms with E-state index >= 15 is 0 Å². The van der Waals surface area contributed by atoms with E-state index in [1.807, 2.05) is 0 Å². The number of benzene rings is 1. The quantitative estimate of drug-likeness (QED) is 0.524. The molecule has 0 radical (unpaired) electrons. The molecule has 1 aromatic heterocycles. The molecule has 7 nitrogen and oxygen atoms in total. The number of nitrogens with one attached hydrogen (secondary N) is 1. The third-order valence-corrected chi connectivity index (χ3v) is 6.46. The van der Waals surface area contributed by atoms with Gasteiger partial charge in [0.25, 0.3) is 0 Å². The first-order chi connectivity index (χ1) is 14.0. The van der Waals surface area contributed by atoms with Crippen LogP contribution in [-0.2, 0) is 23.1 Å². The first-order valence-electron chi connectivity index (χ1n) is 9.05. The Morgan fingerprint density at radius 3 is 2.70 bits per heavy atom. The van der Waals surface area contributed by atoms with Crippen LogP contribution < -0.4 is 10.6 Å². The molecule has 0 amide bonds. The molecule has 1 aromatic carbocycles. The molecule has 2 heterocycles. The lowest BCUT2D eigenvalue weighted by Crippen LogP contribution is -2.46. The van der Waals surface area contributed by atoms with Gasteiger partial charge < -0.3 is 15.6 Å². The van der Waals surface area contributed by atoms with Crippen molar-refractivity contribution in [2.45, 2.75) is 37.5 Å². The fourth-order valence-corrected chi connectivity index (χ4v) is 4.45. The van der Waals surface area contributed by atoms with Crippen LogP contribution in [0.2, 0.25) is 0 Å². The summed E-state index contributed by atoms with van der Waals surface area (Å²) < 4.78 is 79.1. The highest BCUT2D eigenvalue weighted by Crippen LogP contribution is 2.36. The number of hydrogen-bond acceptors (Lipinski definition) is 5. The zero-order valence-electron chi connectivity index (χ0n) is 15.9. The predicted octanol–water partition coefficient (Wildman–Crippen LogP) is 3.14. The third kappa shape index (κ3) is 4.29. The molecule has 164 valence electrons. The van der Waals surface area contributed by atoms with Crippen molar-refractivity contribution in [2.24, 2.45) is 0 Å². The van der Waals surface area contributed by atoms with E-state index in [1.165, 1.54) is 12.3 Å². The largest absolute Gasteiger partial charge is 0.511 e. The fraction of sp³-hybridized carbons (Fsp3) is 0.389. The number of H-pyrrole nitrogens is 1. The van der Waals surface area contributed by atoms with E-state index in [0.717, 1.165) is 6.07 Å². The summed E-state index contributed by atoms with van der Waals surface area (Å²) in [6, 6.07) is 3.41. The topological polar surface area (TPSA) is 95.3 Å². The van der Waals surface area contributed by atoms with Gasteiger partial charge >= 0.3 is 15.5 Å². The lowest BCUT2D eigenvalue weighted by Gasteiger charge is -2.33.